The molecule has 0 radical (unpaired) electrons. The molecule has 9 aliphatic rings. The fraction of sp³-hybridized carbons (Fsp3) is 0.911. The number of hydrogen-bond acceptors (Lipinski definition) is 18. The molecule has 424 valence electrons. The van der Waals surface area contributed by atoms with Crippen LogP contribution >= 0.6 is 11.6 Å². The third-order valence-corrected chi connectivity index (χ3v) is 11.0. The summed E-state index contributed by atoms with van der Waals surface area (Å²) in [6.07, 6.45) is 17.1. The van der Waals surface area contributed by atoms with Gasteiger partial charge in [-0.3, -0.25) is 28.3 Å². The van der Waals surface area contributed by atoms with Gasteiger partial charge in [0.15, 0.2) is 34.7 Å². The Bertz CT molecular complexity index is 1430. The number of nitrogens with one attached hydrogen (secondary N) is 2. The predicted octanol–water partition coefficient (Wildman–Crippen LogP) is -6.30. The number of carbonyl (C=O) groups excluding carboxylic acids is 3. The molecule has 4 saturated heterocycles. The van der Waals surface area contributed by atoms with Crippen molar-refractivity contribution < 1.29 is 121 Å². The van der Waals surface area contributed by atoms with Crippen LogP contribution in [0.1, 0.15) is 114 Å². The molecule has 28 heteroatoms. The summed E-state index contributed by atoms with van der Waals surface area (Å²) in [6, 6.07) is 0.120. The smallest absolute Gasteiger partial charge is 1.00 e. The van der Waals surface area contributed by atoms with E-state index in [2.05, 4.69) is 15.4 Å². The zero-order valence-electron chi connectivity index (χ0n) is 45.2. The van der Waals surface area contributed by atoms with Crippen molar-refractivity contribution in [1.82, 2.24) is 10.6 Å². The second-order valence-corrected chi connectivity index (χ2v) is 18.5. The molecule has 0 aromatic carbocycles. The molecule has 0 bridgehead atoms. The molecule has 73 heavy (non-hydrogen) atoms. The van der Waals surface area contributed by atoms with Crippen LogP contribution in [0, 0.1) is 29.6 Å². The van der Waals surface area contributed by atoms with Gasteiger partial charge in [-0.2, -0.15) is 8.42 Å². The fourth-order valence-electron chi connectivity index (χ4n) is 6.15. The Morgan fingerprint density at radius 1 is 0.699 bits per heavy atom. The Morgan fingerprint density at radius 3 is 1.37 bits per heavy atom. The molecular formula is C45H96Al2ClLi2N5O17S. The number of hydrogen-bond donors (Lipinski definition) is 10. The molecule has 22 nitrogen and oxygen atoms in total. The van der Waals surface area contributed by atoms with E-state index in [1.165, 1.54) is 64.2 Å². The molecule has 5 aliphatic carbocycles. The molecule has 5 saturated carbocycles. The van der Waals surface area contributed by atoms with Crippen molar-refractivity contribution >= 4 is 80.5 Å². The first-order chi connectivity index (χ1) is 32.9. The van der Waals surface area contributed by atoms with Crippen molar-refractivity contribution in [3.05, 3.63) is 0 Å². The van der Waals surface area contributed by atoms with Gasteiger partial charge in [0.2, 0.25) is 5.91 Å². The van der Waals surface area contributed by atoms with Gasteiger partial charge in [0.1, 0.15) is 24.6 Å². The molecule has 9 fully saturated rings. The third-order valence-electron chi connectivity index (χ3n) is 10.8. The van der Waals surface area contributed by atoms with Crippen molar-refractivity contribution in [1.29, 1.82) is 0 Å². The number of ether oxygens (including phenoxy) is 6. The van der Waals surface area contributed by atoms with E-state index in [1.54, 1.807) is 20.8 Å². The number of aliphatic carboxylic acids is 1. The van der Waals surface area contributed by atoms with Crippen LogP contribution in [0.5, 0.6) is 0 Å². The van der Waals surface area contributed by atoms with E-state index in [0.717, 1.165) is 84.4 Å². The van der Waals surface area contributed by atoms with E-state index >= 15 is 0 Å². The van der Waals surface area contributed by atoms with Gasteiger partial charge in [-0.05, 0) is 140 Å². The second kappa shape index (κ2) is 51.3. The average Bonchev–Trinajstić information content (AvgIpc) is 4.08. The molecule has 1 amide bonds. The SMILES string of the molecule is C1CCOC1.C1CCOC1.C1COC[C@H](C2CC2)N1.CCO.CCOC(=O)CCl.CCOC(=O)[C@@H](N)C1CC1.N[C@H](C(=O)O)C1CC1.N[C@H](CO)C1CC1.O=C1COC[C@H](C2CC2)N1.O=S(=O)(O)O.[AlH3].[AlH3].[H-].[H-].[Li+].[Li+]. The van der Waals surface area contributed by atoms with Crippen molar-refractivity contribution in [3.8, 4) is 0 Å². The summed E-state index contributed by atoms with van der Waals surface area (Å²) in [6.45, 7) is 14.3. The van der Waals surface area contributed by atoms with Crippen molar-refractivity contribution in [2.24, 2.45) is 46.8 Å². The van der Waals surface area contributed by atoms with Crippen molar-refractivity contribution in [3.63, 3.8) is 0 Å². The molecule has 13 N–H and O–H groups in total. The quantitative estimate of drug-likeness (QED) is 0.0398. The normalized spacial score (nSPS) is 21.9. The number of rotatable bonds is 11. The molecule has 9 rings (SSSR count). The second-order valence-electron chi connectivity index (χ2n) is 17.3. The van der Waals surface area contributed by atoms with Crippen molar-refractivity contribution in [2.75, 3.05) is 91.7 Å². The van der Waals surface area contributed by atoms with Crippen LogP contribution in [0.15, 0.2) is 0 Å². The first kappa shape index (κ1) is 81.7. The summed E-state index contributed by atoms with van der Waals surface area (Å²) in [5, 5.41) is 30.6. The minimum absolute atomic E-state index is 0. The number of aliphatic hydroxyl groups excluding tert-OH is 2. The predicted molar refractivity (Wildman–Crippen MR) is 281 cm³/mol. The van der Waals surface area contributed by atoms with Crippen LogP contribution in [0.3, 0.4) is 0 Å². The number of carboxylic acids is 1. The van der Waals surface area contributed by atoms with Gasteiger partial charge in [0.05, 0.1) is 45.7 Å². The van der Waals surface area contributed by atoms with E-state index in [1.807, 2.05) is 0 Å². The van der Waals surface area contributed by atoms with E-state index in [4.69, 9.17) is 85.3 Å². The standard InChI is InChI=1S/C7H11NO2.C7H13NO2.C7H13NO.C5H9NO2.C5H11NO.C4H7ClO2.2C4H8O.C2H6O.2Al.2Li.H2O4S.8H/c9-7-4-10-3-6(8-7)5-1-2-5;1-2-10-7(9)6(8)5-3-4-5;1-2-6(1)7-5-9-4-3-8-7;6-4(5(7)8)3-1-2-3;6-5(3-7)4-1-2-4;1-2-7-4(6)3-5;2*1-2-4-5-3-1;1-2-3;;;;;1-5(2,3)4;;;;;;;;/h5-6H,1-4H2,(H,8,9);5-6H,2-4,8H2,1H3;6-8H,1-5H2;3-4H,1-2,6H2,(H,7,8);4-5,7H,1-3,6H2;2-3H2,1H3;2*1-4H2;3H,2H2,1H3;;;;;(H2,1,2,3,4);;;;;;;;/q;;;;;;;;;;;2*+1;;;;;;;;2*-1/t2*6-;7-;4-;5-;;;;;;;;;;;;;;;;;/m10101................./s1. The maximum Gasteiger partial charge on any atom is 1.00 e. The molecular weight excluding hydrogens is 1020 g/mol. The maximum atomic E-state index is 10.9. The van der Waals surface area contributed by atoms with Crippen LogP contribution in [0.2, 0.25) is 0 Å². The number of carbonyl (C=O) groups is 4. The van der Waals surface area contributed by atoms with Gasteiger partial charge < -0.3 is 74.4 Å². The van der Waals surface area contributed by atoms with Gasteiger partial charge in [-0.25, -0.2) is 0 Å². The summed E-state index contributed by atoms with van der Waals surface area (Å²) in [5.41, 5.74) is 16.2. The Labute approximate surface area is 488 Å². The summed E-state index contributed by atoms with van der Waals surface area (Å²) < 4.78 is 61.0. The molecule has 0 aromatic heterocycles. The minimum Gasteiger partial charge on any atom is -1.00 e. The maximum absolute atomic E-state index is 10.9. The van der Waals surface area contributed by atoms with Gasteiger partial charge in [0.25, 0.3) is 0 Å². The summed E-state index contributed by atoms with van der Waals surface area (Å²) in [7, 11) is -4.67. The van der Waals surface area contributed by atoms with Crippen LogP contribution in [0.25, 0.3) is 0 Å². The number of amides is 1. The molecule has 5 atom stereocenters. The van der Waals surface area contributed by atoms with Crippen LogP contribution in [-0.4, -0.2) is 213 Å². The van der Waals surface area contributed by atoms with E-state index < -0.39 is 22.4 Å². The number of morpholine rings is 2. The number of carboxylic acid groups (broad SMARTS) is 1. The first-order valence-electron chi connectivity index (χ1n) is 24.5. The zero-order valence-corrected chi connectivity index (χ0v) is 44.8. The minimum atomic E-state index is -4.67. The summed E-state index contributed by atoms with van der Waals surface area (Å²) in [5.74, 6) is 1.50. The van der Waals surface area contributed by atoms with Crippen molar-refractivity contribution in [2.45, 2.75) is 141 Å². The Hall–Kier alpha value is -0.100. The van der Waals surface area contributed by atoms with Crippen LogP contribution < -0.4 is 65.6 Å². The van der Waals surface area contributed by atoms with Gasteiger partial charge >= 0.3 is 66.0 Å². The van der Waals surface area contributed by atoms with Crippen LogP contribution in [-0.2, 0) is 58.0 Å². The Kier molecular flexibility index (Phi) is 57.5. The van der Waals surface area contributed by atoms with E-state index in [-0.39, 0.29) is 137 Å². The molecule has 4 heterocycles. The third kappa shape index (κ3) is 53.7. The number of alkyl halides is 1. The van der Waals surface area contributed by atoms with Gasteiger partial charge in [-0.1, -0.05) is 0 Å². The van der Waals surface area contributed by atoms with Gasteiger partial charge in [-0.15, -0.1) is 11.6 Å². The average molecular weight is 1110 g/mol. The van der Waals surface area contributed by atoms with E-state index in [9.17, 15) is 19.2 Å². The fourth-order valence-corrected chi connectivity index (χ4v) is 6.22. The largest absolute Gasteiger partial charge is 1.00 e. The topological polar surface area (TPSA) is 361 Å². The monoisotopic (exact) mass is 1110 g/mol. The Morgan fingerprint density at radius 2 is 1.11 bits per heavy atom. The number of aliphatic hydroxyl groups is 2. The number of halogens is 1. The Balaban J connectivity index is -0.000000138. The number of nitrogens with two attached hydrogens (primary N) is 3. The molecule has 0 spiro atoms. The first-order valence-corrected chi connectivity index (χ1v) is 26.4. The van der Waals surface area contributed by atoms with Gasteiger partial charge in [0, 0.05) is 51.7 Å². The zero-order chi connectivity index (χ0) is 52.0. The molecule has 0 unspecified atom stereocenters. The number of esters is 2. The van der Waals surface area contributed by atoms with E-state index in [0.29, 0.717) is 43.1 Å². The molecule has 0 aromatic rings. The van der Waals surface area contributed by atoms with Crippen LogP contribution in [0.4, 0.5) is 0 Å². The summed E-state index contributed by atoms with van der Waals surface area (Å²) >= 11 is 5.06. The molecule has 4 aliphatic heterocycles. The summed E-state index contributed by atoms with van der Waals surface area (Å²) in [4.78, 5) is 41.8.